The van der Waals surface area contributed by atoms with Crippen LogP contribution in [0.25, 0.3) is 0 Å². The highest BCUT2D eigenvalue weighted by atomic mass is 35.5. The molecule has 1 rings (SSSR count). The summed E-state index contributed by atoms with van der Waals surface area (Å²) in [5.74, 6) is -0.393. The lowest BCUT2D eigenvalue weighted by Gasteiger charge is -2.18. The van der Waals surface area contributed by atoms with Crippen LogP contribution in [0.1, 0.15) is 18.9 Å². The van der Waals surface area contributed by atoms with Gasteiger partial charge < -0.3 is 16.2 Å². The van der Waals surface area contributed by atoms with Gasteiger partial charge in [-0.2, -0.15) is 0 Å². The number of nitrogens with one attached hydrogen (secondary N) is 1. The Balaban J connectivity index is 0.00000289. The summed E-state index contributed by atoms with van der Waals surface area (Å²) in [4.78, 5) is 11.5. The fourth-order valence-corrected chi connectivity index (χ4v) is 1.55. The monoisotopic (exact) mass is 272 g/mol. The third-order valence-electron chi connectivity index (χ3n) is 2.54. The summed E-state index contributed by atoms with van der Waals surface area (Å²) < 4.78 is 0. The molecule has 1 aromatic carbocycles. The first-order valence-electron chi connectivity index (χ1n) is 5.90. The Bertz CT molecular complexity index is 346. The molecule has 0 aliphatic carbocycles. The molecule has 5 heteroatoms. The van der Waals surface area contributed by atoms with Crippen LogP contribution in [-0.2, 0) is 11.2 Å². The van der Waals surface area contributed by atoms with Crippen LogP contribution >= 0.6 is 12.4 Å². The molecule has 0 radical (unpaired) electrons. The van der Waals surface area contributed by atoms with Crippen molar-refractivity contribution in [3.63, 3.8) is 0 Å². The Kier molecular flexibility index (Phi) is 8.37. The van der Waals surface area contributed by atoms with Crippen molar-refractivity contribution >= 4 is 18.3 Å². The first kappa shape index (κ1) is 16.9. The number of benzene rings is 1. The van der Waals surface area contributed by atoms with Crippen molar-refractivity contribution in [3.8, 4) is 0 Å². The number of hydrogen-bond acceptors (Lipinski definition) is 3. The second kappa shape index (κ2) is 8.91. The number of hydrogen-bond donors (Lipinski definition) is 3. The van der Waals surface area contributed by atoms with Gasteiger partial charge >= 0.3 is 0 Å². The lowest BCUT2D eigenvalue weighted by atomic mass is 10.0. The first-order valence-corrected chi connectivity index (χ1v) is 5.90. The normalized spacial score (nSPS) is 13.3. The van der Waals surface area contributed by atoms with E-state index in [1.807, 2.05) is 37.3 Å². The van der Waals surface area contributed by atoms with Crippen LogP contribution in [0.15, 0.2) is 30.3 Å². The van der Waals surface area contributed by atoms with Gasteiger partial charge in [-0.15, -0.1) is 12.4 Å². The van der Waals surface area contributed by atoms with Crippen LogP contribution in [0, 0.1) is 0 Å². The van der Waals surface area contributed by atoms with Crippen molar-refractivity contribution < 1.29 is 9.90 Å². The number of aliphatic hydroxyl groups is 1. The molecule has 0 saturated heterocycles. The third kappa shape index (κ3) is 5.49. The summed E-state index contributed by atoms with van der Waals surface area (Å²) in [6, 6.07) is 9.01. The number of rotatable bonds is 6. The zero-order valence-electron chi connectivity index (χ0n) is 10.5. The molecule has 0 spiro atoms. The van der Waals surface area contributed by atoms with E-state index in [1.54, 1.807) is 0 Å². The molecule has 0 heterocycles. The Morgan fingerprint density at radius 3 is 2.56 bits per heavy atom. The van der Waals surface area contributed by atoms with Crippen molar-refractivity contribution in [1.29, 1.82) is 0 Å². The van der Waals surface area contributed by atoms with E-state index in [4.69, 9.17) is 5.73 Å². The largest absolute Gasteiger partial charge is 0.382 e. The maximum Gasteiger partial charge on any atom is 0.250 e. The summed E-state index contributed by atoms with van der Waals surface area (Å²) in [5, 5.41) is 12.4. The predicted octanol–water partition coefficient (Wildman–Crippen LogP) is 0.865. The van der Waals surface area contributed by atoms with E-state index < -0.39 is 18.1 Å². The summed E-state index contributed by atoms with van der Waals surface area (Å²) in [6.45, 7) is 2.52. The van der Waals surface area contributed by atoms with Gasteiger partial charge in [0.1, 0.15) is 6.10 Å². The van der Waals surface area contributed by atoms with E-state index >= 15 is 0 Å². The van der Waals surface area contributed by atoms with Crippen molar-refractivity contribution in [2.75, 3.05) is 6.54 Å². The average Bonchev–Trinajstić information content (AvgIpc) is 2.36. The summed E-state index contributed by atoms with van der Waals surface area (Å²) in [5.41, 5.74) is 6.83. The Hall–Kier alpha value is -1.10. The zero-order valence-corrected chi connectivity index (χ0v) is 11.3. The van der Waals surface area contributed by atoms with E-state index in [9.17, 15) is 9.90 Å². The fourth-order valence-electron chi connectivity index (χ4n) is 1.55. The van der Waals surface area contributed by atoms with Gasteiger partial charge in [-0.1, -0.05) is 37.3 Å². The van der Waals surface area contributed by atoms with Crippen molar-refractivity contribution in [2.45, 2.75) is 31.9 Å². The Labute approximate surface area is 114 Å². The van der Waals surface area contributed by atoms with Crippen LogP contribution < -0.4 is 11.1 Å². The maximum atomic E-state index is 11.5. The highest BCUT2D eigenvalue weighted by molar-refractivity contribution is 5.85. The summed E-state index contributed by atoms with van der Waals surface area (Å²) in [7, 11) is 0. The SMILES string of the molecule is CCCNC(=O)C(O)[C@@H](N)Cc1ccccc1.Cl. The molecular formula is C13H21ClN2O2. The van der Waals surface area contributed by atoms with Gasteiger partial charge in [0.15, 0.2) is 0 Å². The van der Waals surface area contributed by atoms with E-state index in [0.717, 1.165) is 12.0 Å². The van der Waals surface area contributed by atoms with Gasteiger partial charge in [-0.05, 0) is 18.4 Å². The van der Waals surface area contributed by atoms with Crippen molar-refractivity contribution in [3.05, 3.63) is 35.9 Å². The molecule has 102 valence electrons. The average molecular weight is 273 g/mol. The number of aliphatic hydroxyl groups excluding tert-OH is 1. The number of amides is 1. The molecule has 1 aromatic rings. The molecule has 0 bridgehead atoms. The molecule has 1 unspecified atom stereocenters. The highest BCUT2D eigenvalue weighted by Gasteiger charge is 2.22. The lowest BCUT2D eigenvalue weighted by molar-refractivity contribution is -0.130. The molecular weight excluding hydrogens is 252 g/mol. The molecule has 4 nitrogen and oxygen atoms in total. The van der Waals surface area contributed by atoms with Crippen LogP contribution in [0.5, 0.6) is 0 Å². The molecule has 0 aliphatic heterocycles. The summed E-state index contributed by atoms with van der Waals surface area (Å²) in [6.07, 6.45) is 0.176. The number of nitrogens with two attached hydrogens (primary N) is 1. The Morgan fingerprint density at radius 1 is 1.39 bits per heavy atom. The minimum atomic E-state index is -1.15. The van der Waals surface area contributed by atoms with Crippen molar-refractivity contribution in [2.24, 2.45) is 5.73 Å². The molecule has 2 atom stereocenters. The molecule has 0 saturated carbocycles. The van der Waals surface area contributed by atoms with Gasteiger partial charge in [-0.25, -0.2) is 0 Å². The second-order valence-corrected chi connectivity index (χ2v) is 4.09. The third-order valence-corrected chi connectivity index (χ3v) is 2.54. The van der Waals surface area contributed by atoms with Gasteiger partial charge in [0, 0.05) is 12.6 Å². The Morgan fingerprint density at radius 2 is 2.00 bits per heavy atom. The van der Waals surface area contributed by atoms with Gasteiger partial charge in [0.25, 0.3) is 0 Å². The molecule has 0 fully saturated rings. The van der Waals surface area contributed by atoms with Gasteiger partial charge in [0.2, 0.25) is 5.91 Å². The van der Waals surface area contributed by atoms with Gasteiger partial charge in [-0.3, -0.25) is 4.79 Å². The zero-order chi connectivity index (χ0) is 12.7. The van der Waals surface area contributed by atoms with Crippen LogP contribution in [0.3, 0.4) is 0 Å². The molecule has 0 aromatic heterocycles. The van der Waals surface area contributed by atoms with Crippen LogP contribution in [0.4, 0.5) is 0 Å². The van der Waals surface area contributed by atoms with E-state index in [1.165, 1.54) is 0 Å². The predicted molar refractivity (Wildman–Crippen MR) is 74.7 cm³/mol. The minimum absolute atomic E-state index is 0. The molecule has 1 amide bonds. The lowest BCUT2D eigenvalue weighted by Crippen LogP contribution is -2.47. The quantitative estimate of drug-likeness (QED) is 0.719. The first-order chi connectivity index (χ1) is 8.15. The highest BCUT2D eigenvalue weighted by Crippen LogP contribution is 2.04. The van der Waals surface area contributed by atoms with E-state index in [2.05, 4.69) is 5.32 Å². The standard InChI is InChI=1S/C13H20N2O2.ClH/c1-2-8-15-13(17)12(16)11(14)9-10-6-4-3-5-7-10;/h3-7,11-12,16H,2,8-9,14H2,1H3,(H,15,17);1H/t11-,12?;/m0./s1. The van der Waals surface area contributed by atoms with Gasteiger partial charge in [0.05, 0.1) is 0 Å². The number of halogens is 1. The number of carbonyl (C=O) groups excluding carboxylic acids is 1. The smallest absolute Gasteiger partial charge is 0.250 e. The van der Waals surface area contributed by atoms with Crippen LogP contribution in [-0.4, -0.2) is 29.7 Å². The molecule has 4 N–H and O–H groups in total. The minimum Gasteiger partial charge on any atom is -0.382 e. The number of carbonyl (C=O) groups is 1. The van der Waals surface area contributed by atoms with Crippen LogP contribution in [0.2, 0.25) is 0 Å². The molecule has 0 aliphatic rings. The van der Waals surface area contributed by atoms with Crippen molar-refractivity contribution in [1.82, 2.24) is 5.32 Å². The van der Waals surface area contributed by atoms with E-state index in [-0.39, 0.29) is 12.4 Å². The summed E-state index contributed by atoms with van der Waals surface area (Å²) >= 11 is 0. The molecule has 18 heavy (non-hydrogen) atoms. The topological polar surface area (TPSA) is 75.3 Å². The second-order valence-electron chi connectivity index (χ2n) is 4.09. The maximum absolute atomic E-state index is 11.5. The fraction of sp³-hybridized carbons (Fsp3) is 0.462. The van der Waals surface area contributed by atoms with E-state index in [0.29, 0.717) is 13.0 Å².